The molecule has 2 N–H and O–H groups in total. The van der Waals surface area contributed by atoms with E-state index in [2.05, 4.69) is 10.3 Å². The van der Waals surface area contributed by atoms with Gasteiger partial charge >= 0.3 is 0 Å². The molecule has 0 radical (unpaired) electrons. The Morgan fingerprint density at radius 1 is 1.22 bits per heavy atom. The van der Waals surface area contributed by atoms with E-state index in [1.54, 1.807) is 36.6 Å². The second-order valence-corrected chi connectivity index (χ2v) is 10.1. The molecular weight excluding hydrogens is 483 g/mol. The van der Waals surface area contributed by atoms with Gasteiger partial charge in [0.2, 0.25) is 5.95 Å². The maximum atomic E-state index is 13.4. The normalized spacial score (nSPS) is 17.9. The lowest BCUT2D eigenvalue weighted by Crippen LogP contribution is -2.35. The predicted octanol–water partition coefficient (Wildman–Crippen LogP) is 5.03. The molecule has 1 aliphatic rings. The molecule has 3 aromatic heterocycles. The Morgan fingerprint density at radius 2 is 1.97 bits per heavy atom. The third kappa shape index (κ3) is 5.29. The van der Waals surface area contributed by atoms with Gasteiger partial charge in [-0.1, -0.05) is 23.7 Å². The van der Waals surface area contributed by atoms with Crippen molar-refractivity contribution in [1.82, 2.24) is 19.9 Å². The minimum absolute atomic E-state index is 0.0166. The summed E-state index contributed by atoms with van der Waals surface area (Å²) in [7, 11) is 0. The highest BCUT2D eigenvalue weighted by atomic mass is 35.5. The first-order valence-electron chi connectivity index (χ1n) is 11.7. The van der Waals surface area contributed by atoms with Gasteiger partial charge in [0.1, 0.15) is 23.0 Å². The summed E-state index contributed by atoms with van der Waals surface area (Å²) in [5.41, 5.74) is 3.00. The summed E-state index contributed by atoms with van der Waals surface area (Å²) >= 11 is 6.46. The number of pyridine rings is 3. The third-order valence-electron chi connectivity index (χ3n) is 6.39. The first kappa shape index (κ1) is 25.9. The third-order valence-corrected chi connectivity index (χ3v) is 6.74. The first-order chi connectivity index (χ1) is 17.0. The van der Waals surface area contributed by atoms with Crippen LogP contribution in [-0.4, -0.2) is 19.6 Å². The second-order valence-electron chi connectivity index (χ2n) is 9.70. The Labute approximate surface area is 214 Å². The standard InChI is InChI=1S/C27H30ClFN4O3/c1-15-9-10-22(27(4,5)35)32-25(15)19-12-20(16(2)13-30-19)33-17(3)11-21(24(28)26(33)34)36-14-18-7-6-8-23(29)31-18/h6-11,13,19-20,30,35H,12,14H2,1-5H3/t19-,20-/m1/s1. The van der Waals surface area contributed by atoms with E-state index in [-0.39, 0.29) is 35.0 Å². The molecule has 0 aromatic carbocycles. The van der Waals surface area contributed by atoms with E-state index in [9.17, 15) is 14.3 Å². The molecule has 4 rings (SSSR count). The number of hydrogen-bond donors (Lipinski definition) is 2. The van der Waals surface area contributed by atoms with Crippen LogP contribution in [0.4, 0.5) is 4.39 Å². The van der Waals surface area contributed by atoms with Crippen molar-refractivity contribution in [2.45, 2.75) is 65.3 Å². The molecule has 0 amide bonds. The summed E-state index contributed by atoms with van der Waals surface area (Å²) in [5.74, 6) is -0.377. The molecule has 0 saturated carbocycles. The maximum Gasteiger partial charge on any atom is 0.273 e. The molecule has 4 heterocycles. The fourth-order valence-electron chi connectivity index (χ4n) is 4.41. The molecule has 3 aromatic rings. The van der Waals surface area contributed by atoms with Crippen molar-refractivity contribution in [3.05, 3.63) is 97.8 Å². The Hall–Kier alpha value is -3.23. The quantitative estimate of drug-likeness (QED) is 0.450. The SMILES string of the molecule is CC1=CN[C@@H](c2nc(C(C)(C)O)ccc2C)C[C@H]1n1c(C)cc(OCc2cccc(F)n2)c(Cl)c1=O. The molecule has 190 valence electrons. The zero-order chi connectivity index (χ0) is 26.2. The number of hydrogen-bond acceptors (Lipinski definition) is 6. The average molecular weight is 513 g/mol. The van der Waals surface area contributed by atoms with Crippen LogP contribution >= 0.6 is 11.6 Å². The molecule has 9 heteroatoms. The summed E-state index contributed by atoms with van der Waals surface area (Å²) in [6.45, 7) is 9.15. The highest BCUT2D eigenvalue weighted by molar-refractivity contribution is 6.31. The molecule has 7 nitrogen and oxygen atoms in total. The van der Waals surface area contributed by atoms with Crippen LogP contribution in [0.1, 0.15) is 67.6 Å². The van der Waals surface area contributed by atoms with Gasteiger partial charge in [-0.15, -0.1) is 0 Å². The Kier molecular flexibility index (Phi) is 7.20. The number of ether oxygens (including phenoxy) is 1. The van der Waals surface area contributed by atoms with Crippen molar-refractivity contribution >= 4 is 11.6 Å². The van der Waals surface area contributed by atoms with Crippen molar-refractivity contribution in [3.63, 3.8) is 0 Å². The van der Waals surface area contributed by atoms with E-state index in [0.29, 0.717) is 23.5 Å². The summed E-state index contributed by atoms with van der Waals surface area (Å²) in [6.07, 6.45) is 2.46. The van der Waals surface area contributed by atoms with Crippen LogP contribution < -0.4 is 15.6 Å². The number of aryl methyl sites for hydroxylation is 2. The van der Waals surface area contributed by atoms with Gasteiger partial charge in [-0.25, -0.2) is 4.98 Å². The smallest absolute Gasteiger partial charge is 0.273 e. The largest absolute Gasteiger partial charge is 0.485 e. The summed E-state index contributed by atoms with van der Waals surface area (Å²) in [5, 5.41) is 13.8. The van der Waals surface area contributed by atoms with E-state index in [4.69, 9.17) is 21.3 Å². The van der Waals surface area contributed by atoms with Crippen LogP contribution in [0.3, 0.4) is 0 Å². The Morgan fingerprint density at radius 3 is 2.67 bits per heavy atom. The van der Waals surface area contributed by atoms with Crippen molar-refractivity contribution in [3.8, 4) is 5.75 Å². The fourth-order valence-corrected chi connectivity index (χ4v) is 4.61. The molecule has 0 saturated heterocycles. The van der Waals surface area contributed by atoms with Crippen molar-refractivity contribution < 1.29 is 14.2 Å². The van der Waals surface area contributed by atoms with E-state index < -0.39 is 11.5 Å². The zero-order valence-corrected chi connectivity index (χ0v) is 21.7. The molecule has 36 heavy (non-hydrogen) atoms. The fraction of sp³-hybridized carbons (Fsp3) is 0.370. The number of nitrogens with one attached hydrogen (secondary N) is 1. The highest BCUT2D eigenvalue weighted by Gasteiger charge is 2.30. The van der Waals surface area contributed by atoms with Gasteiger partial charge in [0.05, 0.1) is 29.2 Å². The van der Waals surface area contributed by atoms with E-state index in [1.165, 1.54) is 6.07 Å². The molecule has 0 fully saturated rings. The molecule has 1 aliphatic heterocycles. The first-order valence-corrected chi connectivity index (χ1v) is 12.1. The predicted molar refractivity (Wildman–Crippen MR) is 136 cm³/mol. The van der Waals surface area contributed by atoms with E-state index in [0.717, 1.165) is 16.8 Å². The number of rotatable bonds is 6. The molecule has 0 unspecified atom stereocenters. The van der Waals surface area contributed by atoms with Gasteiger partial charge in [-0.3, -0.25) is 9.78 Å². The monoisotopic (exact) mass is 512 g/mol. The number of aromatic nitrogens is 3. The van der Waals surface area contributed by atoms with Gasteiger partial charge in [0.25, 0.3) is 5.56 Å². The van der Waals surface area contributed by atoms with Gasteiger partial charge in [0, 0.05) is 11.8 Å². The number of aliphatic hydroxyl groups is 1. The van der Waals surface area contributed by atoms with Crippen LogP contribution in [0.5, 0.6) is 5.75 Å². The number of halogens is 2. The van der Waals surface area contributed by atoms with Gasteiger partial charge in [-0.2, -0.15) is 4.39 Å². The van der Waals surface area contributed by atoms with Crippen molar-refractivity contribution in [2.75, 3.05) is 0 Å². The Balaban J connectivity index is 1.64. The second kappa shape index (κ2) is 10.0. The van der Waals surface area contributed by atoms with Crippen LogP contribution in [0.25, 0.3) is 0 Å². The number of nitrogens with zero attached hydrogens (tertiary/aromatic N) is 3. The molecule has 0 bridgehead atoms. The topological polar surface area (TPSA) is 89.3 Å². The minimum atomic E-state index is -1.07. The molecule has 2 atom stereocenters. The van der Waals surface area contributed by atoms with Gasteiger partial charge in [0.15, 0.2) is 0 Å². The van der Waals surface area contributed by atoms with Crippen molar-refractivity contribution in [1.29, 1.82) is 0 Å². The van der Waals surface area contributed by atoms with Crippen LogP contribution in [-0.2, 0) is 12.2 Å². The summed E-state index contributed by atoms with van der Waals surface area (Å²) in [6, 6.07) is 9.50. The summed E-state index contributed by atoms with van der Waals surface area (Å²) < 4.78 is 20.8. The van der Waals surface area contributed by atoms with Crippen molar-refractivity contribution in [2.24, 2.45) is 0 Å². The highest BCUT2D eigenvalue weighted by Crippen LogP contribution is 2.36. The maximum absolute atomic E-state index is 13.4. The lowest BCUT2D eigenvalue weighted by Gasteiger charge is -2.33. The lowest BCUT2D eigenvalue weighted by molar-refractivity contribution is 0.0734. The summed E-state index contributed by atoms with van der Waals surface area (Å²) in [4.78, 5) is 21.9. The van der Waals surface area contributed by atoms with Crippen LogP contribution in [0, 0.1) is 19.8 Å². The van der Waals surface area contributed by atoms with Crippen LogP contribution in [0.2, 0.25) is 5.02 Å². The lowest BCUT2D eigenvalue weighted by atomic mass is 9.92. The van der Waals surface area contributed by atoms with Gasteiger partial charge in [-0.05, 0) is 76.6 Å². The Bertz CT molecular complexity index is 1380. The minimum Gasteiger partial charge on any atom is -0.485 e. The zero-order valence-electron chi connectivity index (χ0n) is 21.0. The molecule has 0 aliphatic carbocycles. The number of allylic oxidation sites excluding steroid dienone is 1. The van der Waals surface area contributed by atoms with E-state index in [1.807, 2.05) is 39.1 Å². The average Bonchev–Trinajstić information content (AvgIpc) is 2.81. The van der Waals surface area contributed by atoms with Crippen LogP contribution in [0.15, 0.2) is 53.0 Å². The van der Waals surface area contributed by atoms with E-state index >= 15 is 0 Å². The van der Waals surface area contributed by atoms with Gasteiger partial charge < -0.3 is 19.7 Å². The molecular formula is C27H30ClFN4O3. The molecule has 0 spiro atoms.